The number of hydrogen-bond donors (Lipinski definition) is 1. The zero-order valence-corrected chi connectivity index (χ0v) is 16.4. The standard InChI is InChI=1S/C21H22N4O2S/c1-27-18-11-9-17(10-12-18)25-14-22-24-21(25)28-13-19(26)23-20(16-7-8-16)15-5-3-2-4-6-15/h2-6,9-12,14,16,20H,7-8,13H2,1H3,(H,23,26). The number of aromatic nitrogens is 3. The van der Waals surface area contributed by atoms with Gasteiger partial charge in [0.25, 0.3) is 0 Å². The van der Waals surface area contributed by atoms with Crippen molar-refractivity contribution in [3.05, 3.63) is 66.5 Å². The maximum atomic E-state index is 12.6. The lowest BCUT2D eigenvalue weighted by Gasteiger charge is -2.18. The third kappa shape index (κ3) is 4.36. The average molecular weight is 395 g/mol. The van der Waals surface area contributed by atoms with E-state index in [1.54, 1.807) is 13.4 Å². The third-order valence-electron chi connectivity index (χ3n) is 4.77. The second kappa shape index (κ2) is 8.48. The molecule has 3 aromatic rings. The predicted molar refractivity (Wildman–Crippen MR) is 109 cm³/mol. The van der Waals surface area contributed by atoms with Crippen molar-refractivity contribution in [2.75, 3.05) is 12.9 Å². The second-order valence-electron chi connectivity index (χ2n) is 6.76. The highest BCUT2D eigenvalue weighted by Gasteiger charge is 2.33. The molecular formula is C21H22N4O2S. The smallest absolute Gasteiger partial charge is 0.230 e. The lowest BCUT2D eigenvalue weighted by Crippen LogP contribution is -2.31. The van der Waals surface area contributed by atoms with Gasteiger partial charge in [-0.3, -0.25) is 9.36 Å². The molecule has 28 heavy (non-hydrogen) atoms. The first-order valence-electron chi connectivity index (χ1n) is 9.26. The van der Waals surface area contributed by atoms with Crippen molar-refractivity contribution < 1.29 is 9.53 Å². The lowest BCUT2D eigenvalue weighted by atomic mass is 10.0. The van der Waals surface area contributed by atoms with Crippen LogP contribution in [0.3, 0.4) is 0 Å². The summed E-state index contributed by atoms with van der Waals surface area (Å²) in [6.07, 6.45) is 3.98. The minimum absolute atomic E-state index is 0.00929. The van der Waals surface area contributed by atoms with Gasteiger partial charge in [-0.15, -0.1) is 10.2 Å². The monoisotopic (exact) mass is 394 g/mol. The van der Waals surface area contributed by atoms with E-state index >= 15 is 0 Å². The Morgan fingerprint density at radius 3 is 2.64 bits per heavy atom. The summed E-state index contributed by atoms with van der Waals surface area (Å²) in [6, 6.07) is 17.9. The number of methoxy groups -OCH3 is 1. The molecule has 144 valence electrons. The summed E-state index contributed by atoms with van der Waals surface area (Å²) in [5.74, 6) is 1.64. The van der Waals surface area contributed by atoms with Crippen molar-refractivity contribution in [2.45, 2.75) is 24.0 Å². The molecule has 0 spiro atoms. The maximum absolute atomic E-state index is 12.6. The predicted octanol–water partition coefficient (Wildman–Crippen LogP) is 3.64. The van der Waals surface area contributed by atoms with Crippen LogP contribution in [0.25, 0.3) is 5.69 Å². The largest absolute Gasteiger partial charge is 0.497 e. The van der Waals surface area contributed by atoms with Crippen LogP contribution in [-0.4, -0.2) is 33.5 Å². The van der Waals surface area contributed by atoms with Gasteiger partial charge in [-0.25, -0.2) is 0 Å². The molecule has 2 aromatic carbocycles. The Bertz CT molecular complexity index is 923. The summed E-state index contributed by atoms with van der Waals surface area (Å²) >= 11 is 1.38. The van der Waals surface area contributed by atoms with Crippen LogP contribution in [0.15, 0.2) is 66.1 Å². The molecule has 1 saturated carbocycles. The first-order chi connectivity index (χ1) is 13.7. The number of nitrogens with one attached hydrogen (secondary N) is 1. The van der Waals surface area contributed by atoms with Gasteiger partial charge in [-0.2, -0.15) is 0 Å². The summed E-state index contributed by atoms with van der Waals surface area (Å²) in [7, 11) is 1.64. The molecule has 7 heteroatoms. The Hall–Kier alpha value is -2.80. The Labute approximate surface area is 168 Å². The highest BCUT2D eigenvalue weighted by atomic mass is 32.2. The van der Waals surface area contributed by atoms with Gasteiger partial charge in [-0.05, 0) is 48.6 Å². The number of amides is 1. The van der Waals surface area contributed by atoms with E-state index in [1.165, 1.54) is 30.2 Å². The SMILES string of the molecule is COc1ccc(-n2cnnc2SCC(=O)NC(c2ccccc2)C2CC2)cc1. The Morgan fingerprint density at radius 1 is 1.21 bits per heavy atom. The highest BCUT2D eigenvalue weighted by molar-refractivity contribution is 7.99. The maximum Gasteiger partial charge on any atom is 0.230 e. The van der Waals surface area contributed by atoms with Gasteiger partial charge in [0.2, 0.25) is 5.91 Å². The van der Waals surface area contributed by atoms with Gasteiger partial charge in [-0.1, -0.05) is 42.1 Å². The zero-order chi connectivity index (χ0) is 19.3. The van der Waals surface area contributed by atoms with Gasteiger partial charge in [0.15, 0.2) is 5.16 Å². The molecule has 0 radical (unpaired) electrons. The molecule has 1 N–H and O–H groups in total. The van der Waals surface area contributed by atoms with E-state index in [4.69, 9.17) is 4.74 Å². The second-order valence-corrected chi connectivity index (χ2v) is 7.71. The first kappa shape index (κ1) is 18.6. The molecule has 1 aromatic heterocycles. The van der Waals surface area contributed by atoms with E-state index in [9.17, 15) is 4.79 Å². The molecule has 6 nitrogen and oxygen atoms in total. The normalized spacial score (nSPS) is 14.5. The van der Waals surface area contributed by atoms with Crippen LogP contribution in [0, 0.1) is 5.92 Å². The molecule has 1 atom stereocenters. The number of hydrogen-bond acceptors (Lipinski definition) is 5. The summed E-state index contributed by atoms with van der Waals surface area (Å²) in [5.41, 5.74) is 2.10. The van der Waals surface area contributed by atoms with Gasteiger partial charge < -0.3 is 10.1 Å². The van der Waals surface area contributed by atoms with E-state index < -0.39 is 0 Å². The van der Waals surface area contributed by atoms with Crippen LogP contribution < -0.4 is 10.1 Å². The lowest BCUT2D eigenvalue weighted by molar-refractivity contribution is -0.119. The van der Waals surface area contributed by atoms with E-state index in [0.29, 0.717) is 16.8 Å². The van der Waals surface area contributed by atoms with Crippen LogP contribution in [0.1, 0.15) is 24.4 Å². The van der Waals surface area contributed by atoms with Gasteiger partial charge in [0, 0.05) is 5.69 Å². The van der Waals surface area contributed by atoms with Crippen molar-refractivity contribution in [3.63, 3.8) is 0 Å². The van der Waals surface area contributed by atoms with Crippen molar-refractivity contribution in [2.24, 2.45) is 5.92 Å². The molecule has 1 amide bonds. The summed E-state index contributed by atoms with van der Waals surface area (Å²) in [4.78, 5) is 12.6. The minimum Gasteiger partial charge on any atom is -0.497 e. The number of nitrogens with zero attached hydrogens (tertiary/aromatic N) is 3. The van der Waals surface area contributed by atoms with Crippen molar-refractivity contribution in [1.29, 1.82) is 0 Å². The number of thioether (sulfide) groups is 1. The fraction of sp³-hybridized carbons (Fsp3) is 0.286. The fourth-order valence-corrected chi connectivity index (χ4v) is 3.89. The van der Waals surface area contributed by atoms with Crippen molar-refractivity contribution >= 4 is 17.7 Å². The van der Waals surface area contributed by atoms with Gasteiger partial charge >= 0.3 is 0 Å². The van der Waals surface area contributed by atoms with E-state index in [0.717, 1.165) is 11.4 Å². The number of carbonyl (C=O) groups is 1. The first-order valence-corrected chi connectivity index (χ1v) is 10.2. The van der Waals surface area contributed by atoms with Crippen LogP contribution in [0.4, 0.5) is 0 Å². The van der Waals surface area contributed by atoms with Crippen LogP contribution in [-0.2, 0) is 4.79 Å². The molecule has 4 rings (SSSR count). The number of benzene rings is 2. The van der Waals surface area contributed by atoms with Gasteiger partial charge in [0.05, 0.1) is 18.9 Å². The molecular weight excluding hydrogens is 372 g/mol. The number of ether oxygens (including phenoxy) is 1. The average Bonchev–Trinajstić information content (AvgIpc) is 3.48. The molecule has 1 unspecified atom stereocenters. The van der Waals surface area contributed by atoms with E-state index in [-0.39, 0.29) is 11.9 Å². The van der Waals surface area contributed by atoms with Crippen molar-refractivity contribution in [1.82, 2.24) is 20.1 Å². The Balaban J connectivity index is 1.39. The minimum atomic E-state index is 0.00929. The van der Waals surface area contributed by atoms with E-state index in [1.807, 2.05) is 47.0 Å². The molecule has 0 saturated heterocycles. The van der Waals surface area contributed by atoms with Crippen LogP contribution in [0.5, 0.6) is 5.75 Å². The van der Waals surface area contributed by atoms with Crippen LogP contribution in [0.2, 0.25) is 0 Å². The Kier molecular flexibility index (Phi) is 5.62. The summed E-state index contributed by atoms with van der Waals surface area (Å²) < 4.78 is 7.06. The zero-order valence-electron chi connectivity index (χ0n) is 15.6. The molecule has 1 aliphatic carbocycles. The molecule has 1 fully saturated rings. The van der Waals surface area contributed by atoms with E-state index in [2.05, 4.69) is 27.6 Å². The third-order valence-corrected chi connectivity index (χ3v) is 5.71. The molecule has 0 bridgehead atoms. The summed E-state index contributed by atoms with van der Waals surface area (Å²) in [6.45, 7) is 0. The Morgan fingerprint density at radius 2 is 1.96 bits per heavy atom. The number of carbonyl (C=O) groups excluding carboxylic acids is 1. The highest BCUT2D eigenvalue weighted by Crippen LogP contribution is 2.41. The molecule has 0 aliphatic heterocycles. The molecule has 1 heterocycles. The fourth-order valence-electron chi connectivity index (χ4n) is 3.15. The van der Waals surface area contributed by atoms with Crippen LogP contribution >= 0.6 is 11.8 Å². The summed E-state index contributed by atoms with van der Waals surface area (Å²) in [5, 5.41) is 12.0. The van der Waals surface area contributed by atoms with Gasteiger partial charge in [0.1, 0.15) is 12.1 Å². The topological polar surface area (TPSA) is 69.0 Å². The number of rotatable bonds is 8. The van der Waals surface area contributed by atoms with Crippen molar-refractivity contribution in [3.8, 4) is 11.4 Å². The molecule has 1 aliphatic rings. The quantitative estimate of drug-likeness (QED) is 0.591.